The molecule has 1 atom stereocenters. The lowest BCUT2D eigenvalue weighted by molar-refractivity contribution is 0.165. The molecule has 178 valence electrons. The van der Waals surface area contributed by atoms with Gasteiger partial charge in [-0.1, -0.05) is 31.9 Å². The molecule has 2 aromatic rings. The van der Waals surface area contributed by atoms with E-state index in [1.54, 1.807) is 21.3 Å². The van der Waals surface area contributed by atoms with Gasteiger partial charge in [0.15, 0.2) is 23.0 Å². The van der Waals surface area contributed by atoms with E-state index in [4.69, 9.17) is 18.9 Å². The number of methoxy groups -OCH3 is 3. The Morgan fingerprint density at radius 3 is 2.18 bits per heavy atom. The van der Waals surface area contributed by atoms with E-state index in [2.05, 4.69) is 36.1 Å². The first kappa shape index (κ1) is 23.5. The van der Waals surface area contributed by atoms with Crippen molar-refractivity contribution in [3.05, 3.63) is 47.5 Å². The van der Waals surface area contributed by atoms with Crippen molar-refractivity contribution < 1.29 is 18.9 Å². The average molecular weight is 452 g/mol. The Labute approximate surface area is 198 Å². The fourth-order valence-electron chi connectivity index (χ4n) is 5.04. The molecule has 5 heteroatoms. The third-order valence-electron chi connectivity index (χ3n) is 6.91. The zero-order chi connectivity index (χ0) is 23.2. The third kappa shape index (κ3) is 5.14. The van der Waals surface area contributed by atoms with Crippen LogP contribution in [0.1, 0.15) is 56.6 Å². The highest BCUT2D eigenvalue weighted by Gasteiger charge is 2.31. The number of ether oxygens (including phenoxy) is 4. The van der Waals surface area contributed by atoms with Crippen molar-refractivity contribution >= 4 is 11.1 Å². The minimum Gasteiger partial charge on any atom is -0.493 e. The number of nitrogens with zero attached hydrogens (tertiary/aromatic N) is 1. The third-order valence-corrected chi connectivity index (χ3v) is 6.91. The van der Waals surface area contributed by atoms with Gasteiger partial charge in [-0.25, -0.2) is 0 Å². The van der Waals surface area contributed by atoms with E-state index in [-0.39, 0.29) is 0 Å². The van der Waals surface area contributed by atoms with Crippen molar-refractivity contribution in [2.45, 2.75) is 51.5 Å². The molecule has 0 N–H and O–H groups in total. The lowest BCUT2D eigenvalue weighted by atomic mass is 9.82. The summed E-state index contributed by atoms with van der Waals surface area (Å²) in [6, 6.07) is 13.3. The lowest BCUT2D eigenvalue weighted by Gasteiger charge is -2.41. The molecular formula is C28H37NO4. The maximum absolute atomic E-state index is 6.12. The Kier molecular flexibility index (Phi) is 7.81. The summed E-state index contributed by atoms with van der Waals surface area (Å²) in [5.41, 5.74) is 5.17. The maximum atomic E-state index is 6.12. The smallest absolute Gasteiger partial charge is 0.161 e. The topological polar surface area (TPSA) is 40.2 Å². The van der Waals surface area contributed by atoms with Crippen molar-refractivity contribution in [3.8, 4) is 23.0 Å². The number of fused-ring (bicyclic) bond motifs is 1. The van der Waals surface area contributed by atoms with Gasteiger partial charge in [-0.3, -0.25) is 4.90 Å². The van der Waals surface area contributed by atoms with Crippen molar-refractivity contribution in [2.75, 3.05) is 41.0 Å². The first-order valence-corrected chi connectivity index (χ1v) is 12.2. The molecule has 0 radical (unpaired) electrons. The summed E-state index contributed by atoms with van der Waals surface area (Å²) in [5, 5.41) is 0. The Morgan fingerprint density at radius 2 is 1.48 bits per heavy atom. The Hall–Kier alpha value is -2.66. The molecule has 2 aliphatic heterocycles. The van der Waals surface area contributed by atoms with Crippen LogP contribution in [0, 0.1) is 0 Å². The highest BCUT2D eigenvalue weighted by atomic mass is 16.5. The Balaban J connectivity index is 1.79. The molecule has 0 spiro atoms. The number of hydrogen-bond acceptors (Lipinski definition) is 5. The van der Waals surface area contributed by atoms with Gasteiger partial charge >= 0.3 is 0 Å². The lowest BCUT2D eigenvalue weighted by Crippen LogP contribution is -2.43. The van der Waals surface area contributed by atoms with Gasteiger partial charge < -0.3 is 18.9 Å². The summed E-state index contributed by atoms with van der Waals surface area (Å²) in [4.78, 5) is 2.66. The van der Waals surface area contributed by atoms with Gasteiger partial charge in [-0.2, -0.15) is 0 Å². The van der Waals surface area contributed by atoms with E-state index in [9.17, 15) is 0 Å². The molecule has 0 bridgehead atoms. The van der Waals surface area contributed by atoms with Gasteiger partial charge in [0.1, 0.15) is 0 Å². The Bertz CT molecular complexity index is 984. The molecule has 0 saturated carbocycles. The van der Waals surface area contributed by atoms with Crippen LogP contribution in [0.3, 0.4) is 0 Å². The summed E-state index contributed by atoms with van der Waals surface area (Å²) < 4.78 is 22.8. The van der Waals surface area contributed by atoms with E-state index in [1.165, 1.54) is 48.1 Å². The second-order valence-electron chi connectivity index (χ2n) is 8.92. The van der Waals surface area contributed by atoms with Crippen LogP contribution in [0.25, 0.3) is 11.1 Å². The molecule has 2 aliphatic rings. The van der Waals surface area contributed by atoms with Gasteiger partial charge in [0.25, 0.3) is 0 Å². The van der Waals surface area contributed by atoms with E-state index in [1.807, 2.05) is 12.1 Å². The summed E-state index contributed by atoms with van der Waals surface area (Å²) in [6.45, 7) is 5.00. The SMILES string of the molecule is CCCCOc1cc(C2=C(c3ccc(OC)c(OC)c3)CC3CCCCN3C2)ccc1OC. The molecule has 2 heterocycles. The number of benzene rings is 2. The van der Waals surface area contributed by atoms with E-state index in [0.717, 1.165) is 48.8 Å². The van der Waals surface area contributed by atoms with Gasteiger partial charge in [-0.15, -0.1) is 0 Å². The quantitative estimate of drug-likeness (QED) is 0.433. The summed E-state index contributed by atoms with van der Waals surface area (Å²) >= 11 is 0. The number of rotatable bonds is 9. The molecule has 0 aliphatic carbocycles. The van der Waals surface area contributed by atoms with E-state index < -0.39 is 0 Å². The molecule has 1 unspecified atom stereocenters. The number of unbranched alkanes of at least 4 members (excludes halogenated alkanes) is 1. The molecule has 0 aromatic heterocycles. The number of hydrogen-bond donors (Lipinski definition) is 0. The van der Waals surface area contributed by atoms with Crippen LogP contribution < -0.4 is 18.9 Å². The molecular weight excluding hydrogens is 414 g/mol. The normalized spacial score (nSPS) is 18.6. The first-order chi connectivity index (χ1) is 16.2. The van der Waals surface area contributed by atoms with Crippen molar-refractivity contribution in [1.82, 2.24) is 4.90 Å². The molecule has 2 aromatic carbocycles. The molecule has 33 heavy (non-hydrogen) atoms. The molecule has 4 rings (SSSR count). The second kappa shape index (κ2) is 11.0. The van der Waals surface area contributed by atoms with Crippen molar-refractivity contribution in [2.24, 2.45) is 0 Å². The van der Waals surface area contributed by atoms with Crippen molar-refractivity contribution in [1.29, 1.82) is 0 Å². The van der Waals surface area contributed by atoms with E-state index in [0.29, 0.717) is 12.6 Å². The number of piperidine rings is 1. The van der Waals surface area contributed by atoms with Gasteiger partial charge in [-0.05, 0) is 78.8 Å². The summed E-state index contributed by atoms with van der Waals surface area (Å²) in [5.74, 6) is 3.14. The molecule has 1 fully saturated rings. The fourth-order valence-corrected chi connectivity index (χ4v) is 5.04. The Morgan fingerprint density at radius 1 is 0.818 bits per heavy atom. The van der Waals surface area contributed by atoms with Crippen LogP contribution in [0.15, 0.2) is 36.4 Å². The highest BCUT2D eigenvalue weighted by Crippen LogP contribution is 2.42. The van der Waals surface area contributed by atoms with Crippen LogP contribution >= 0.6 is 0 Å². The predicted octanol–water partition coefficient (Wildman–Crippen LogP) is 6.06. The summed E-state index contributed by atoms with van der Waals surface area (Å²) in [6.07, 6.45) is 7.04. The minimum absolute atomic E-state index is 0.601. The van der Waals surface area contributed by atoms with Gasteiger partial charge in [0, 0.05) is 12.6 Å². The fraction of sp³-hybridized carbons (Fsp3) is 0.500. The predicted molar refractivity (Wildman–Crippen MR) is 134 cm³/mol. The van der Waals surface area contributed by atoms with Crippen LogP contribution in [0.4, 0.5) is 0 Å². The standard InChI is InChI=1S/C28H37NO4/c1-5-6-15-33-28-17-21(11-13-26(28)31-3)24-19-29-14-8-7-9-22(29)18-23(24)20-10-12-25(30-2)27(16-20)32-4/h10-13,16-17,22H,5-9,14-15,18-19H2,1-4H3. The monoisotopic (exact) mass is 451 g/mol. The molecule has 0 amide bonds. The summed E-state index contributed by atoms with van der Waals surface area (Å²) in [7, 11) is 5.08. The van der Waals surface area contributed by atoms with Gasteiger partial charge in [0.2, 0.25) is 0 Å². The van der Waals surface area contributed by atoms with Crippen LogP contribution in [-0.2, 0) is 0 Å². The van der Waals surface area contributed by atoms with E-state index >= 15 is 0 Å². The van der Waals surface area contributed by atoms with Crippen LogP contribution in [0.2, 0.25) is 0 Å². The first-order valence-electron chi connectivity index (χ1n) is 12.2. The van der Waals surface area contributed by atoms with Gasteiger partial charge in [0.05, 0.1) is 27.9 Å². The van der Waals surface area contributed by atoms with Crippen molar-refractivity contribution in [3.63, 3.8) is 0 Å². The second-order valence-corrected chi connectivity index (χ2v) is 8.92. The molecule has 1 saturated heterocycles. The van der Waals surface area contributed by atoms with Crippen LogP contribution in [0.5, 0.6) is 23.0 Å². The molecule has 5 nitrogen and oxygen atoms in total. The zero-order valence-corrected chi connectivity index (χ0v) is 20.5. The largest absolute Gasteiger partial charge is 0.493 e. The zero-order valence-electron chi connectivity index (χ0n) is 20.5. The van der Waals surface area contributed by atoms with Crippen LogP contribution in [-0.4, -0.2) is 52.0 Å². The maximum Gasteiger partial charge on any atom is 0.161 e. The minimum atomic E-state index is 0.601. The average Bonchev–Trinajstić information content (AvgIpc) is 2.87. The highest BCUT2D eigenvalue weighted by molar-refractivity contribution is 5.93.